The van der Waals surface area contributed by atoms with Crippen LogP contribution in [-0.4, -0.2) is 15.0 Å². The van der Waals surface area contributed by atoms with Crippen LogP contribution in [0.1, 0.15) is 0 Å². The molecular weight excluding hydrogens is 446 g/mol. The predicted molar refractivity (Wildman–Crippen MR) is 129 cm³/mol. The lowest BCUT2D eigenvalue weighted by Crippen LogP contribution is -1.96. The summed E-state index contributed by atoms with van der Waals surface area (Å²) < 4.78 is 1.04. The Kier molecular flexibility index (Phi) is 5.38. The van der Waals surface area contributed by atoms with Crippen molar-refractivity contribution in [2.75, 3.05) is 0 Å². The van der Waals surface area contributed by atoms with Crippen LogP contribution in [0.3, 0.4) is 0 Å². The van der Waals surface area contributed by atoms with Crippen LogP contribution in [-0.2, 0) is 0 Å². The third-order valence-electron chi connectivity index (χ3n) is 5.04. The van der Waals surface area contributed by atoms with E-state index in [1.807, 2.05) is 72.9 Å². The molecule has 0 saturated heterocycles. The summed E-state index contributed by atoms with van der Waals surface area (Å²) in [5.74, 6) is 0.713. The highest BCUT2D eigenvalue weighted by Crippen LogP contribution is 2.29. The Morgan fingerprint density at radius 2 is 1.03 bits per heavy atom. The Morgan fingerprint density at radius 1 is 0.484 bits per heavy atom. The van der Waals surface area contributed by atoms with Crippen molar-refractivity contribution in [3.05, 3.63) is 114 Å². The molecule has 0 N–H and O–H groups in total. The summed E-state index contributed by atoms with van der Waals surface area (Å²) in [6.45, 7) is 0. The normalized spacial score (nSPS) is 10.7. The van der Waals surface area contributed by atoms with E-state index in [1.54, 1.807) is 0 Å². The van der Waals surface area contributed by atoms with Gasteiger partial charge in [-0.25, -0.2) is 9.97 Å². The molecule has 2 heterocycles. The van der Waals surface area contributed by atoms with Gasteiger partial charge in [0.15, 0.2) is 5.82 Å². The van der Waals surface area contributed by atoms with Crippen molar-refractivity contribution in [3.63, 3.8) is 0 Å². The molecular formula is C27H18BrN3. The van der Waals surface area contributed by atoms with E-state index in [1.165, 1.54) is 0 Å². The highest BCUT2D eigenvalue weighted by atomic mass is 79.9. The molecule has 0 radical (unpaired) electrons. The van der Waals surface area contributed by atoms with Crippen LogP contribution in [0.15, 0.2) is 114 Å². The van der Waals surface area contributed by atoms with Gasteiger partial charge in [0.05, 0.1) is 17.1 Å². The molecule has 0 aliphatic heterocycles. The Morgan fingerprint density at radius 3 is 1.61 bits per heavy atom. The van der Waals surface area contributed by atoms with Gasteiger partial charge in [-0.3, -0.25) is 4.98 Å². The number of hydrogen-bond acceptors (Lipinski definition) is 3. The molecule has 0 atom stereocenters. The molecule has 0 aliphatic rings. The first-order valence-corrected chi connectivity index (χ1v) is 10.8. The van der Waals surface area contributed by atoms with Crippen molar-refractivity contribution >= 4 is 15.9 Å². The van der Waals surface area contributed by atoms with E-state index in [9.17, 15) is 0 Å². The summed E-state index contributed by atoms with van der Waals surface area (Å²) in [6.07, 6.45) is 1.81. The fraction of sp³-hybridized carbons (Fsp3) is 0. The van der Waals surface area contributed by atoms with E-state index in [4.69, 9.17) is 9.97 Å². The number of halogens is 1. The highest BCUT2D eigenvalue weighted by molar-refractivity contribution is 9.10. The molecule has 31 heavy (non-hydrogen) atoms. The third-order valence-corrected chi connectivity index (χ3v) is 5.57. The van der Waals surface area contributed by atoms with E-state index >= 15 is 0 Å². The van der Waals surface area contributed by atoms with Gasteiger partial charge in [0.25, 0.3) is 0 Å². The summed E-state index contributed by atoms with van der Waals surface area (Å²) >= 11 is 3.51. The van der Waals surface area contributed by atoms with E-state index in [-0.39, 0.29) is 0 Å². The maximum atomic E-state index is 4.88. The van der Waals surface area contributed by atoms with E-state index in [0.717, 1.165) is 43.8 Å². The molecule has 0 spiro atoms. The average Bonchev–Trinajstić information content (AvgIpc) is 2.85. The maximum Gasteiger partial charge on any atom is 0.160 e. The number of aromatic nitrogens is 3. The number of hydrogen-bond donors (Lipinski definition) is 0. The van der Waals surface area contributed by atoms with Crippen LogP contribution in [0, 0.1) is 0 Å². The molecule has 5 rings (SSSR count). The van der Waals surface area contributed by atoms with E-state index < -0.39 is 0 Å². The molecule has 0 aliphatic carbocycles. The highest BCUT2D eigenvalue weighted by Gasteiger charge is 2.11. The van der Waals surface area contributed by atoms with Crippen molar-refractivity contribution in [2.45, 2.75) is 0 Å². The molecule has 0 fully saturated rings. The van der Waals surface area contributed by atoms with Gasteiger partial charge in [0.2, 0.25) is 0 Å². The van der Waals surface area contributed by atoms with Crippen molar-refractivity contribution in [1.82, 2.24) is 15.0 Å². The second kappa shape index (κ2) is 8.62. The Hall–Kier alpha value is -3.63. The van der Waals surface area contributed by atoms with E-state index in [0.29, 0.717) is 5.82 Å². The zero-order chi connectivity index (χ0) is 21.0. The number of pyridine rings is 1. The Labute approximate surface area is 189 Å². The first kappa shape index (κ1) is 19.3. The standard InChI is InChI=1S/C27H18BrN3/c28-23-15-13-21(14-16-23)26-18-25(30-27(31-26)22-6-2-1-3-7-22)20-11-9-19(10-12-20)24-8-4-5-17-29-24/h1-18H. The number of benzene rings is 3. The van der Waals surface area contributed by atoms with Crippen LogP contribution < -0.4 is 0 Å². The topological polar surface area (TPSA) is 38.7 Å². The zero-order valence-electron chi connectivity index (χ0n) is 16.6. The largest absolute Gasteiger partial charge is 0.256 e. The molecule has 3 aromatic carbocycles. The number of rotatable bonds is 4. The van der Waals surface area contributed by atoms with E-state index in [2.05, 4.69) is 57.3 Å². The van der Waals surface area contributed by atoms with Gasteiger partial charge in [-0.05, 0) is 30.3 Å². The van der Waals surface area contributed by atoms with Crippen molar-refractivity contribution in [3.8, 4) is 45.2 Å². The second-order valence-electron chi connectivity index (χ2n) is 7.13. The molecule has 5 aromatic rings. The fourth-order valence-electron chi connectivity index (χ4n) is 3.43. The van der Waals surface area contributed by atoms with Crippen LogP contribution in [0.5, 0.6) is 0 Å². The summed E-state index contributed by atoms with van der Waals surface area (Å²) in [7, 11) is 0. The predicted octanol–water partition coefficient (Wildman–Crippen LogP) is 7.30. The molecule has 2 aromatic heterocycles. The molecule has 0 amide bonds. The van der Waals surface area contributed by atoms with Crippen LogP contribution in [0.4, 0.5) is 0 Å². The summed E-state index contributed by atoms with van der Waals surface area (Å²) in [5.41, 5.74) is 6.90. The van der Waals surface area contributed by atoms with Crippen molar-refractivity contribution < 1.29 is 0 Å². The SMILES string of the molecule is Brc1ccc(-c2cc(-c3ccc(-c4ccccn4)cc3)nc(-c3ccccc3)n2)cc1. The second-order valence-corrected chi connectivity index (χ2v) is 8.04. The van der Waals surface area contributed by atoms with Gasteiger partial charge < -0.3 is 0 Å². The van der Waals surface area contributed by atoms with Gasteiger partial charge in [-0.1, -0.05) is 88.7 Å². The quantitative estimate of drug-likeness (QED) is 0.280. The lowest BCUT2D eigenvalue weighted by molar-refractivity contribution is 1.18. The smallest absolute Gasteiger partial charge is 0.160 e. The zero-order valence-corrected chi connectivity index (χ0v) is 18.2. The minimum absolute atomic E-state index is 0.713. The average molecular weight is 464 g/mol. The maximum absolute atomic E-state index is 4.88. The lowest BCUT2D eigenvalue weighted by Gasteiger charge is -2.10. The fourth-order valence-corrected chi connectivity index (χ4v) is 3.69. The van der Waals surface area contributed by atoms with Crippen LogP contribution >= 0.6 is 15.9 Å². The van der Waals surface area contributed by atoms with Crippen molar-refractivity contribution in [2.24, 2.45) is 0 Å². The van der Waals surface area contributed by atoms with Crippen LogP contribution in [0.2, 0.25) is 0 Å². The molecule has 0 bridgehead atoms. The monoisotopic (exact) mass is 463 g/mol. The van der Waals surface area contributed by atoms with Gasteiger partial charge in [-0.15, -0.1) is 0 Å². The molecule has 0 unspecified atom stereocenters. The van der Waals surface area contributed by atoms with Gasteiger partial charge in [0.1, 0.15) is 0 Å². The van der Waals surface area contributed by atoms with Crippen molar-refractivity contribution in [1.29, 1.82) is 0 Å². The third kappa shape index (κ3) is 4.30. The first-order chi connectivity index (χ1) is 15.3. The Bertz CT molecular complexity index is 1300. The van der Waals surface area contributed by atoms with Gasteiger partial charge >= 0.3 is 0 Å². The summed E-state index contributed by atoms with van der Waals surface area (Å²) in [6, 6.07) is 34.6. The molecule has 148 valence electrons. The minimum atomic E-state index is 0.713. The number of nitrogens with zero attached hydrogens (tertiary/aromatic N) is 3. The van der Waals surface area contributed by atoms with Gasteiger partial charge in [-0.2, -0.15) is 0 Å². The molecule has 0 saturated carbocycles. The lowest BCUT2D eigenvalue weighted by atomic mass is 10.0. The van der Waals surface area contributed by atoms with Crippen LogP contribution in [0.25, 0.3) is 45.2 Å². The van der Waals surface area contributed by atoms with Gasteiger partial charge in [0, 0.05) is 32.9 Å². The Balaban J connectivity index is 1.60. The minimum Gasteiger partial charge on any atom is -0.256 e. The molecule has 3 nitrogen and oxygen atoms in total. The summed E-state index contributed by atoms with van der Waals surface area (Å²) in [5, 5.41) is 0. The summed E-state index contributed by atoms with van der Waals surface area (Å²) in [4.78, 5) is 14.2. The first-order valence-electron chi connectivity index (χ1n) is 9.98. The molecule has 4 heteroatoms.